The molecule has 24 heavy (non-hydrogen) atoms. The van der Waals surface area contributed by atoms with Gasteiger partial charge in [-0.3, -0.25) is 4.57 Å². The van der Waals surface area contributed by atoms with Crippen LogP contribution in [-0.4, -0.2) is 32.7 Å². The number of benzene rings is 1. The van der Waals surface area contributed by atoms with Crippen LogP contribution < -0.4 is 9.47 Å². The fourth-order valence-corrected chi connectivity index (χ4v) is 2.23. The lowest BCUT2D eigenvalue weighted by Crippen LogP contribution is -2.15. The van der Waals surface area contributed by atoms with E-state index in [1.165, 1.54) is 0 Å². The Hall–Kier alpha value is -3.35. The zero-order valence-electron chi connectivity index (χ0n) is 13.2. The van der Waals surface area contributed by atoms with Crippen molar-refractivity contribution >= 4 is 5.84 Å². The number of oxime groups is 1. The lowest BCUT2D eigenvalue weighted by atomic mass is 10.2. The van der Waals surface area contributed by atoms with Gasteiger partial charge in [-0.2, -0.15) is 0 Å². The molecule has 0 saturated heterocycles. The van der Waals surface area contributed by atoms with E-state index >= 15 is 0 Å². The zero-order chi connectivity index (χ0) is 16.9. The standard InChI is InChI=1S/C17H16N4O3/c1-12-18-10-11-21(12)16(20-22)15-4-3-9-19-17(15)24-14-7-5-13(23-2)6-8-14/h3-11,22H,1-2H3/b20-16-. The second-order valence-corrected chi connectivity index (χ2v) is 4.90. The summed E-state index contributed by atoms with van der Waals surface area (Å²) in [6.45, 7) is 1.81. The Morgan fingerprint density at radius 3 is 2.46 bits per heavy atom. The lowest BCUT2D eigenvalue weighted by molar-refractivity contribution is 0.316. The van der Waals surface area contributed by atoms with Gasteiger partial charge in [-0.15, -0.1) is 0 Å². The first-order valence-corrected chi connectivity index (χ1v) is 7.22. The van der Waals surface area contributed by atoms with Gasteiger partial charge in [-0.05, 0) is 43.3 Å². The Labute approximate surface area is 138 Å². The monoisotopic (exact) mass is 324 g/mol. The van der Waals surface area contributed by atoms with E-state index in [0.29, 0.717) is 23.0 Å². The van der Waals surface area contributed by atoms with Crippen LogP contribution in [0.1, 0.15) is 11.4 Å². The van der Waals surface area contributed by atoms with Crippen LogP contribution in [0, 0.1) is 6.92 Å². The number of methoxy groups -OCH3 is 1. The van der Waals surface area contributed by atoms with Crippen LogP contribution in [0.5, 0.6) is 17.4 Å². The van der Waals surface area contributed by atoms with Gasteiger partial charge in [-0.25, -0.2) is 9.97 Å². The molecule has 0 bridgehead atoms. The molecule has 0 aliphatic heterocycles. The van der Waals surface area contributed by atoms with E-state index in [-0.39, 0.29) is 5.84 Å². The molecule has 2 heterocycles. The number of aryl methyl sites for hydroxylation is 1. The molecule has 0 amide bonds. The number of hydrogen-bond acceptors (Lipinski definition) is 6. The Balaban J connectivity index is 1.96. The van der Waals surface area contributed by atoms with Crippen molar-refractivity contribution in [1.82, 2.24) is 14.5 Å². The van der Waals surface area contributed by atoms with Crippen LogP contribution in [0.4, 0.5) is 0 Å². The fraction of sp³-hybridized carbons (Fsp3) is 0.118. The van der Waals surface area contributed by atoms with Gasteiger partial charge in [0.05, 0.1) is 12.7 Å². The van der Waals surface area contributed by atoms with Crippen LogP contribution >= 0.6 is 0 Å². The van der Waals surface area contributed by atoms with E-state index in [9.17, 15) is 5.21 Å². The topological polar surface area (TPSA) is 81.8 Å². The number of rotatable bonds is 4. The normalized spacial score (nSPS) is 11.3. The van der Waals surface area contributed by atoms with Crippen LogP contribution in [0.15, 0.2) is 60.1 Å². The Bertz CT molecular complexity index is 856. The van der Waals surface area contributed by atoms with Crippen LogP contribution in [-0.2, 0) is 0 Å². The smallest absolute Gasteiger partial charge is 0.230 e. The molecule has 2 aromatic heterocycles. The van der Waals surface area contributed by atoms with Crippen molar-refractivity contribution in [3.8, 4) is 17.4 Å². The Kier molecular flexibility index (Phi) is 4.42. The van der Waals surface area contributed by atoms with Gasteiger partial charge in [-0.1, -0.05) is 5.16 Å². The number of nitrogens with zero attached hydrogens (tertiary/aromatic N) is 4. The van der Waals surface area contributed by atoms with Crippen LogP contribution in [0.25, 0.3) is 0 Å². The predicted molar refractivity (Wildman–Crippen MR) is 88.0 cm³/mol. The average molecular weight is 324 g/mol. The summed E-state index contributed by atoms with van der Waals surface area (Å²) in [7, 11) is 1.60. The van der Waals surface area contributed by atoms with Crippen molar-refractivity contribution < 1.29 is 14.7 Å². The fourth-order valence-electron chi connectivity index (χ4n) is 2.23. The SMILES string of the molecule is COc1ccc(Oc2ncccc2/C(=N/O)n2ccnc2C)cc1. The quantitative estimate of drug-likeness (QED) is 0.345. The molecule has 0 unspecified atom stereocenters. The second-order valence-electron chi connectivity index (χ2n) is 4.90. The van der Waals surface area contributed by atoms with Gasteiger partial charge in [0.1, 0.15) is 17.3 Å². The van der Waals surface area contributed by atoms with E-state index in [1.54, 1.807) is 66.7 Å². The van der Waals surface area contributed by atoms with Crippen molar-refractivity contribution in [3.05, 3.63) is 66.4 Å². The molecule has 0 aliphatic carbocycles. The predicted octanol–water partition coefficient (Wildman–Crippen LogP) is 3.07. The van der Waals surface area contributed by atoms with E-state index in [4.69, 9.17) is 9.47 Å². The van der Waals surface area contributed by atoms with E-state index in [2.05, 4.69) is 15.1 Å². The minimum atomic E-state index is 0.279. The third-order valence-corrected chi connectivity index (χ3v) is 3.43. The number of hydrogen-bond donors (Lipinski definition) is 1. The first-order valence-electron chi connectivity index (χ1n) is 7.22. The van der Waals surface area contributed by atoms with Crippen LogP contribution in [0.3, 0.4) is 0 Å². The molecule has 122 valence electrons. The van der Waals surface area contributed by atoms with Crippen molar-refractivity contribution in [1.29, 1.82) is 0 Å². The Morgan fingerprint density at radius 2 is 1.83 bits per heavy atom. The molecular weight excluding hydrogens is 308 g/mol. The molecule has 0 radical (unpaired) electrons. The van der Waals surface area contributed by atoms with Crippen molar-refractivity contribution in [2.75, 3.05) is 7.11 Å². The molecule has 1 N–H and O–H groups in total. The summed E-state index contributed by atoms with van der Waals surface area (Å²) < 4.78 is 12.6. The molecule has 7 heteroatoms. The van der Waals surface area contributed by atoms with Gasteiger partial charge in [0.2, 0.25) is 5.88 Å². The molecule has 0 aliphatic rings. The van der Waals surface area contributed by atoms with E-state index in [0.717, 1.165) is 5.75 Å². The lowest BCUT2D eigenvalue weighted by Gasteiger charge is -2.12. The number of imidazole rings is 1. The third kappa shape index (κ3) is 3.05. The van der Waals surface area contributed by atoms with Crippen molar-refractivity contribution in [3.63, 3.8) is 0 Å². The van der Waals surface area contributed by atoms with Crippen LogP contribution in [0.2, 0.25) is 0 Å². The molecule has 0 saturated carbocycles. The molecule has 7 nitrogen and oxygen atoms in total. The maximum Gasteiger partial charge on any atom is 0.230 e. The van der Waals surface area contributed by atoms with Crippen molar-refractivity contribution in [2.45, 2.75) is 6.92 Å². The van der Waals surface area contributed by atoms with Gasteiger partial charge >= 0.3 is 0 Å². The third-order valence-electron chi connectivity index (χ3n) is 3.43. The van der Waals surface area contributed by atoms with E-state index in [1.807, 2.05) is 6.92 Å². The molecule has 1 aromatic carbocycles. The highest BCUT2D eigenvalue weighted by Crippen LogP contribution is 2.26. The summed E-state index contributed by atoms with van der Waals surface area (Å²) in [4.78, 5) is 8.39. The number of aromatic nitrogens is 3. The van der Waals surface area contributed by atoms with E-state index < -0.39 is 0 Å². The van der Waals surface area contributed by atoms with Crippen molar-refractivity contribution in [2.24, 2.45) is 5.16 Å². The molecular formula is C17H16N4O3. The Morgan fingerprint density at radius 1 is 1.08 bits per heavy atom. The maximum atomic E-state index is 9.47. The van der Waals surface area contributed by atoms with Gasteiger partial charge in [0, 0.05) is 18.6 Å². The summed E-state index contributed by atoms with van der Waals surface area (Å²) in [5, 5.41) is 12.9. The number of pyridine rings is 1. The highest BCUT2D eigenvalue weighted by atomic mass is 16.5. The molecule has 3 aromatic rings. The minimum absolute atomic E-state index is 0.279. The summed E-state index contributed by atoms with van der Waals surface area (Å²) in [5.74, 6) is 2.61. The highest BCUT2D eigenvalue weighted by molar-refractivity contribution is 6.02. The van der Waals surface area contributed by atoms with Gasteiger partial charge in [0.15, 0.2) is 5.84 Å². The number of ether oxygens (including phenoxy) is 2. The molecule has 0 spiro atoms. The molecule has 0 fully saturated rings. The summed E-state index contributed by atoms with van der Waals surface area (Å²) in [5.41, 5.74) is 0.539. The molecule has 0 atom stereocenters. The maximum absolute atomic E-state index is 9.47. The minimum Gasteiger partial charge on any atom is -0.497 e. The summed E-state index contributed by atoms with van der Waals surface area (Å²) in [6.07, 6.45) is 4.94. The first kappa shape index (κ1) is 15.5. The second kappa shape index (κ2) is 6.82. The molecule has 3 rings (SSSR count). The average Bonchev–Trinajstić information content (AvgIpc) is 3.04. The van der Waals surface area contributed by atoms with Gasteiger partial charge < -0.3 is 14.7 Å². The summed E-state index contributed by atoms with van der Waals surface area (Å²) >= 11 is 0. The largest absolute Gasteiger partial charge is 0.497 e. The first-order chi connectivity index (χ1) is 11.7. The van der Waals surface area contributed by atoms with Gasteiger partial charge in [0.25, 0.3) is 0 Å². The highest BCUT2D eigenvalue weighted by Gasteiger charge is 2.16. The zero-order valence-corrected chi connectivity index (χ0v) is 13.2. The summed E-state index contributed by atoms with van der Waals surface area (Å²) in [6, 6.07) is 10.6.